The van der Waals surface area contributed by atoms with Gasteiger partial charge in [-0.1, -0.05) is 84.9 Å². The van der Waals surface area contributed by atoms with Crippen molar-refractivity contribution in [2.24, 2.45) is 0 Å². The molecule has 0 atom stereocenters. The van der Waals surface area contributed by atoms with Crippen LogP contribution in [0.2, 0.25) is 0 Å². The van der Waals surface area contributed by atoms with E-state index in [0.29, 0.717) is 16.0 Å². The zero-order valence-corrected chi connectivity index (χ0v) is 18.5. The number of nitrogens with zero attached hydrogens (tertiary/aromatic N) is 1. The second kappa shape index (κ2) is 9.22. The molecule has 5 aromatic rings. The van der Waals surface area contributed by atoms with Gasteiger partial charge in [0.15, 0.2) is 0 Å². The van der Waals surface area contributed by atoms with E-state index in [-0.39, 0.29) is 24.6 Å². The van der Waals surface area contributed by atoms with Crippen molar-refractivity contribution in [2.75, 3.05) is 0 Å². The first-order valence-corrected chi connectivity index (χ1v) is 11.4. The lowest BCUT2D eigenvalue weighted by Crippen LogP contribution is -2.15. The number of carbonyl (C=O) groups is 1. The molecule has 2 aromatic heterocycles. The monoisotopic (exact) mass is 452 g/mol. The highest BCUT2D eigenvalue weighted by Crippen LogP contribution is 2.30. The summed E-state index contributed by atoms with van der Waals surface area (Å²) in [5.41, 5.74) is 4.67. The molecule has 162 valence electrons. The fraction of sp³-hybridized carbons (Fsp3) is 0.0741. The summed E-state index contributed by atoms with van der Waals surface area (Å²) in [5.74, 6) is -0.0388. The molecule has 1 N–H and O–H groups in total. The zero-order chi connectivity index (χ0) is 22.6. The minimum absolute atomic E-state index is 0.0787. The summed E-state index contributed by atoms with van der Waals surface area (Å²) in [6.45, 7) is -0.0787. The molecule has 5 nitrogen and oxygen atoms in total. The second-order valence-electron chi connectivity index (χ2n) is 7.61. The Morgan fingerprint density at radius 1 is 0.848 bits per heavy atom. The quantitative estimate of drug-likeness (QED) is 0.340. The van der Waals surface area contributed by atoms with Crippen molar-refractivity contribution >= 4 is 27.5 Å². The number of fused-ring (bicyclic) bond motifs is 1. The van der Waals surface area contributed by atoms with Gasteiger partial charge in [0.1, 0.15) is 17.3 Å². The molecule has 0 aliphatic heterocycles. The van der Waals surface area contributed by atoms with E-state index in [0.717, 1.165) is 27.8 Å². The molecule has 0 spiro atoms. The number of aromatic amines is 1. The van der Waals surface area contributed by atoms with Crippen molar-refractivity contribution in [3.63, 3.8) is 0 Å². The highest BCUT2D eigenvalue weighted by atomic mass is 32.1. The van der Waals surface area contributed by atoms with Crippen molar-refractivity contribution in [1.82, 2.24) is 9.97 Å². The van der Waals surface area contributed by atoms with Crippen molar-refractivity contribution in [1.29, 1.82) is 0 Å². The number of thiophene rings is 1. The maximum atomic E-state index is 12.7. The van der Waals surface area contributed by atoms with Gasteiger partial charge in [0.05, 0.1) is 11.8 Å². The summed E-state index contributed by atoms with van der Waals surface area (Å²) in [7, 11) is 0. The molecule has 0 fully saturated rings. The van der Waals surface area contributed by atoms with Crippen LogP contribution in [0.5, 0.6) is 0 Å². The van der Waals surface area contributed by atoms with Crippen LogP contribution >= 0.6 is 11.3 Å². The Bertz CT molecular complexity index is 1460. The zero-order valence-electron chi connectivity index (χ0n) is 17.7. The molecule has 0 aliphatic rings. The van der Waals surface area contributed by atoms with Gasteiger partial charge in [0.25, 0.3) is 5.56 Å². The first kappa shape index (κ1) is 20.8. The van der Waals surface area contributed by atoms with Crippen LogP contribution in [0.4, 0.5) is 0 Å². The summed E-state index contributed by atoms with van der Waals surface area (Å²) in [6, 6.07) is 27.6. The summed E-state index contributed by atoms with van der Waals surface area (Å²) in [5, 5.41) is 2.48. The number of benzene rings is 3. The lowest BCUT2D eigenvalue weighted by Gasteiger charge is -2.06. The van der Waals surface area contributed by atoms with Crippen LogP contribution in [-0.4, -0.2) is 15.9 Å². The van der Waals surface area contributed by atoms with Gasteiger partial charge < -0.3 is 9.72 Å². The van der Waals surface area contributed by atoms with Crippen LogP contribution < -0.4 is 5.56 Å². The molecular formula is C27H20N2O3S. The van der Waals surface area contributed by atoms with Crippen molar-refractivity contribution < 1.29 is 9.53 Å². The third kappa shape index (κ3) is 4.61. The topological polar surface area (TPSA) is 72.0 Å². The average Bonchev–Trinajstić information content (AvgIpc) is 3.29. The summed E-state index contributed by atoms with van der Waals surface area (Å²) >= 11 is 1.40. The number of rotatable bonds is 6. The molecule has 2 heterocycles. The summed E-state index contributed by atoms with van der Waals surface area (Å²) < 4.78 is 5.38. The van der Waals surface area contributed by atoms with Crippen LogP contribution in [0.15, 0.2) is 95.1 Å². The van der Waals surface area contributed by atoms with E-state index < -0.39 is 0 Å². The fourth-order valence-electron chi connectivity index (χ4n) is 3.70. The van der Waals surface area contributed by atoms with E-state index in [1.165, 1.54) is 11.3 Å². The molecule has 0 saturated carbocycles. The van der Waals surface area contributed by atoms with E-state index >= 15 is 0 Å². The Morgan fingerprint density at radius 3 is 2.18 bits per heavy atom. The maximum Gasteiger partial charge on any atom is 0.310 e. The number of esters is 1. The van der Waals surface area contributed by atoms with Gasteiger partial charge >= 0.3 is 5.97 Å². The highest BCUT2D eigenvalue weighted by molar-refractivity contribution is 7.17. The molecule has 0 amide bonds. The average molecular weight is 453 g/mol. The standard InChI is InChI=1S/C27H20N2O3S/c30-24(15-18-11-13-20(14-12-18)19-7-3-1-4-8-19)32-16-23-28-26(31)25-22(17-33-27(25)29-23)21-9-5-2-6-10-21/h1-14,17H,15-16H2,(H,28,29,31). The van der Waals surface area contributed by atoms with Crippen molar-refractivity contribution in [3.05, 3.63) is 112 Å². The van der Waals surface area contributed by atoms with E-state index in [4.69, 9.17) is 4.74 Å². The molecule has 0 bridgehead atoms. The van der Waals surface area contributed by atoms with Crippen LogP contribution in [0.3, 0.4) is 0 Å². The van der Waals surface area contributed by atoms with Gasteiger partial charge in [-0.25, -0.2) is 4.98 Å². The fourth-order valence-corrected chi connectivity index (χ4v) is 4.67. The molecule has 6 heteroatoms. The molecule has 33 heavy (non-hydrogen) atoms. The van der Waals surface area contributed by atoms with Gasteiger partial charge in [-0.05, 0) is 22.3 Å². The van der Waals surface area contributed by atoms with Crippen molar-refractivity contribution in [3.8, 4) is 22.3 Å². The van der Waals surface area contributed by atoms with Gasteiger partial charge in [0, 0.05) is 10.9 Å². The van der Waals surface area contributed by atoms with E-state index in [1.807, 2.05) is 90.3 Å². The molecule has 5 rings (SSSR count). The molecule has 0 radical (unpaired) electrons. The molecule has 0 aliphatic carbocycles. The Labute approximate surface area is 194 Å². The van der Waals surface area contributed by atoms with Gasteiger partial charge in [0.2, 0.25) is 0 Å². The van der Waals surface area contributed by atoms with Crippen LogP contribution in [0, 0.1) is 0 Å². The summed E-state index contributed by atoms with van der Waals surface area (Å²) in [4.78, 5) is 32.9. The maximum absolute atomic E-state index is 12.7. The SMILES string of the molecule is O=C(Cc1ccc(-c2ccccc2)cc1)OCc1nc2scc(-c3ccccc3)c2c(=O)[nH]1. The lowest BCUT2D eigenvalue weighted by molar-refractivity contribution is -0.144. The number of nitrogens with one attached hydrogen (secondary N) is 1. The van der Waals surface area contributed by atoms with E-state index in [2.05, 4.69) is 9.97 Å². The third-order valence-corrected chi connectivity index (χ3v) is 6.23. The predicted octanol–water partition coefficient (Wildman–Crippen LogP) is 5.60. The molecular weight excluding hydrogens is 432 g/mol. The molecule has 3 aromatic carbocycles. The number of hydrogen-bond donors (Lipinski definition) is 1. The number of aromatic nitrogens is 2. The Kier molecular flexibility index (Phi) is 5.83. The minimum atomic E-state index is -0.374. The number of carbonyl (C=O) groups excluding carboxylic acids is 1. The van der Waals surface area contributed by atoms with Crippen LogP contribution in [0.1, 0.15) is 11.4 Å². The Hall–Kier alpha value is -4.03. The number of ether oxygens (including phenoxy) is 1. The molecule has 0 unspecified atom stereocenters. The van der Waals surface area contributed by atoms with Crippen LogP contribution in [-0.2, 0) is 22.6 Å². The van der Waals surface area contributed by atoms with Gasteiger partial charge in [-0.2, -0.15) is 0 Å². The second-order valence-corrected chi connectivity index (χ2v) is 8.47. The molecule has 0 saturated heterocycles. The van der Waals surface area contributed by atoms with Gasteiger partial charge in [-0.15, -0.1) is 11.3 Å². The first-order chi connectivity index (χ1) is 16.2. The number of hydrogen-bond acceptors (Lipinski definition) is 5. The first-order valence-electron chi connectivity index (χ1n) is 10.5. The van der Waals surface area contributed by atoms with Crippen LogP contribution in [0.25, 0.3) is 32.5 Å². The largest absolute Gasteiger partial charge is 0.457 e. The third-order valence-electron chi connectivity index (χ3n) is 5.36. The minimum Gasteiger partial charge on any atom is -0.457 e. The highest BCUT2D eigenvalue weighted by Gasteiger charge is 2.14. The summed E-state index contributed by atoms with van der Waals surface area (Å²) in [6.07, 6.45) is 0.151. The normalized spacial score (nSPS) is 10.9. The smallest absolute Gasteiger partial charge is 0.310 e. The number of H-pyrrole nitrogens is 1. The predicted molar refractivity (Wildman–Crippen MR) is 131 cm³/mol. The van der Waals surface area contributed by atoms with E-state index in [9.17, 15) is 9.59 Å². The lowest BCUT2D eigenvalue weighted by atomic mass is 10.0. The van der Waals surface area contributed by atoms with Gasteiger partial charge in [-0.3, -0.25) is 9.59 Å². The van der Waals surface area contributed by atoms with E-state index in [1.54, 1.807) is 0 Å². The van der Waals surface area contributed by atoms with Crippen molar-refractivity contribution in [2.45, 2.75) is 13.0 Å². The Balaban J connectivity index is 1.25. The Morgan fingerprint density at radius 2 is 1.48 bits per heavy atom.